The van der Waals surface area contributed by atoms with Crippen LogP contribution in [0.15, 0.2) is 11.6 Å². The molecule has 0 saturated heterocycles. The predicted molar refractivity (Wildman–Crippen MR) is 91.1 cm³/mol. The summed E-state index contributed by atoms with van der Waals surface area (Å²) < 4.78 is 34.7. The van der Waals surface area contributed by atoms with E-state index in [2.05, 4.69) is 6.92 Å². The normalized spacial score (nSPS) is 21.4. The molecule has 0 N–H and O–H groups in total. The molecule has 0 fully saturated rings. The van der Waals surface area contributed by atoms with E-state index in [0.29, 0.717) is 18.3 Å². The number of aldehydes is 1. The van der Waals surface area contributed by atoms with Crippen molar-refractivity contribution in [2.24, 2.45) is 0 Å². The summed E-state index contributed by atoms with van der Waals surface area (Å²) in [6.07, 6.45) is 9.77. The van der Waals surface area contributed by atoms with Crippen LogP contribution in [-0.4, -0.2) is 45.7 Å². The molecule has 0 aromatic heterocycles. The first-order valence-electron chi connectivity index (χ1n) is 8.58. The van der Waals surface area contributed by atoms with Gasteiger partial charge < -0.3 is 9.47 Å². The van der Waals surface area contributed by atoms with Gasteiger partial charge in [-0.15, -0.1) is 0 Å². The van der Waals surface area contributed by atoms with Crippen LogP contribution in [0.2, 0.25) is 0 Å². The lowest BCUT2D eigenvalue weighted by Crippen LogP contribution is -2.27. The fourth-order valence-corrected chi connectivity index (χ4v) is 4.23. The lowest BCUT2D eigenvalue weighted by atomic mass is 10.1. The monoisotopic (exact) mass is 346 g/mol. The number of carbonyl (C=O) groups excluding carboxylic acids is 1. The highest BCUT2D eigenvalue weighted by atomic mass is 32.2. The van der Waals surface area contributed by atoms with Crippen LogP contribution in [0.25, 0.3) is 0 Å². The number of ether oxygens (including phenoxy) is 2. The van der Waals surface area contributed by atoms with Gasteiger partial charge in [0.1, 0.15) is 12.4 Å². The molecule has 0 radical (unpaired) electrons. The third-order valence-corrected chi connectivity index (χ3v) is 5.80. The third kappa shape index (κ3) is 8.08. The van der Waals surface area contributed by atoms with Crippen LogP contribution in [0.3, 0.4) is 0 Å². The minimum atomic E-state index is -3.22. The standard InChI is InChI=1S/C17H30O5S/c1-3-4-5-6-7-8-9-10-11-23(19,20)14-16-15(13-18)12-17(21-2)22-16/h12-13,16-17H,3-11,14H2,1-2H3/t16-,17+/m1/s1. The van der Waals surface area contributed by atoms with E-state index in [1.165, 1.54) is 45.3 Å². The molecule has 2 atom stereocenters. The molecule has 1 heterocycles. The first-order valence-corrected chi connectivity index (χ1v) is 10.4. The molecule has 0 saturated carbocycles. The maximum atomic E-state index is 12.2. The van der Waals surface area contributed by atoms with Gasteiger partial charge in [-0.3, -0.25) is 4.79 Å². The number of hydrogen-bond acceptors (Lipinski definition) is 5. The number of rotatable bonds is 13. The molecular weight excluding hydrogens is 316 g/mol. The maximum absolute atomic E-state index is 12.2. The summed E-state index contributed by atoms with van der Waals surface area (Å²) in [6, 6.07) is 0. The van der Waals surface area contributed by atoms with E-state index < -0.39 is 22.2 Å². The average molecular weight is 346 g/mol. The van der Waals surface area contributed by atoms with Crippen molar-refractivity contribution in [3.8, 4) is 0 Å². The summed E-state index contributed by atoms with van der Waals surface area (Å²) in [5.41, 5.74) is 0.358. The quantitative estimate of drug-likeness (QED) is 0.379. The Morgan fingerprint density at radius 2 is 1.74 bits per heavy atom. The number of carbonyl (C=O) groups is 1. The highest BCUT2D eigenvalue weighted by molar-refractivity contribution is 7.91. The lowest BCUT2D eigenvalue weighted by Gasteiger charge is -2.14. The van der Waals surface area contributed by atoms with Crippen molar-refractivity contribution in [2.75, 3.05) is 18.6 Å². The number of hydrogen-bond donors (Lipinski definition) is 0. The molecule has 134 valence electrons. The molecule has 1 aliphatic rings. The van der Waals surface area contributed by atoms with Crippen LogP contribution in [0.4, 0.5) is 0 Å². The molecular formula is C17H30O5S. The van der Waals surface area contributed by atoms with Gasteiger partial charge in [0, 0.05) is 12.7 Å². The van der Waals surface area contributed by atoms with Crippen LogP contribution < -0.4 is 0 Å². The van der Waals surface area contributed by atoms with Crippen molar-refractivity contribution in [3.05, 3.63) is 11.6 Å². The Balaban J connectivity index is 2.23. The molecule has 23 heavy (non-hydrogen) atoms. The number of methoxy groups -OCH3 is 1. The van der Waals surface area contributed by atoms with Crippen LogP contribution in [0.5, 0.6) is 0 Å². The van der Waals surface area contributed by atoms with Gasteiger partial charge in [-0.2, -0.15) is 0 Å². The zero-order chi connectivity index (χ0) is 17.1. The first-order chi connectivity index (χ1) is 11.0. The van der Waals surface area contributed by atoms with Crippen LogP contribution >= 0.6 is 0 Å². The summed E-state index contributed by atoms with van der Waals surface area (Å²) in [4.78, 5) is 11.0. The highest BCUT2D eigenvalue weighted by Crippen LogP contribution is 2.21. The van der Waals surface area contributed by atoms with E-state index >= 15 is 0 Å². The van der Waals surface area contributed by atoms with E-state index in [4.69, 9.17) is 9.47 Å². The van der Waals surface area contributed by atoms with Crippen molar-refractivity contribution in [1.29, 1.82) is 0 Å². The van der Waals surface area contributed by atoms with Crippen molar-refractivity contribution < 1.29 is 22.7 Å². The second-order valence-corrected chi connectivity index (χ2v) is 8.33. The zero-order valence-corrected chi connectivity index (χ0v) is 15.1. The summed E-state index contributed by atoms with van der Waals surface area (Å²) in [5.74, 6) is 0.0134. The first kappa shape index (κ1) is 20.3. The minimum absolute atomic E-state index is 0.145. The van der Waals surface area contributed by atoms with Gasteiger partial charge in [-0.25, -0.2) is 8.42 Å². The topological polar surface area (TPSA) is 69.7 Å². The zero-order valence-electron chi connectivity index (χ0n) is 14.3. The Bertz CT molecular complexity index is 469. The summed E-state index contributed by atoms with van der Waals surface area (Å²) in [7, 11) is -1.76. The molecule has 1 rings (SSSR count). The van der Waals surface area contributed by atoms with Crippen molar-refractivity contribution in [2.45, 2.75) is 70.7 Å². The predicted octanol–water partition coefficient (Wildman–Crippen LogP) is 3.04. The van der Waals surface area contributed by atoms with E-state index in [1.807, 2.05) is 0 Å². The Kier molecular flexibility index (Phi) is 9.67. The molecule has 5 nitrogen and oxygen atoms in total. The lowest BCUT2D eigenvalue weighted by molar-refractivity contribution is -0.108. The van der Waals surface area contributed by atoms with Gasteiger partial charge in [0.05, 0.1) is 11.5 Å². The van der Waals surface area contributed by atoms with E-state index in [0.717, 1.165) is 12.8 Å². The van der Waals surface area contributed by atoms with Crippen molar-refractivity contribution in [3.63, 3.8) is 0 Å². The van der Waals surface area contributed by atoms with Crippen LogP contribution in [-0.2, 0) is 24.1 Å². The molecule has 0 bridgehead atoms. The summed E-state index contributed by atoms with van der Waals surface area (Å²) >= 11 is 0. The molecule has 0 unspecified atom stereocenters. The van der Waals surface area contributed by atoms with Gasteiger partial charge in [-0.1, -0.05) is 51.9 Å². The fourth-order valence-electron chi connectivity index (χ4n) is 2.69. The highest BCUT2D eigenvalue weighted by Gasteiger charge is 2.30. The number of unbranched alkanes of at least 4 members (excludes halogenated alkanes) is 7. The van der Waals surface area contributed by atoms with Crippen LogP contribution in [0, 0.1) is 0 Å². The largest absolute Gasteiger partial charge is 0.352 e. The molecule has 0 aromatic carbocycles. The van der Waals surface area contributed by atoms with Gasteiger partial charge in [0.2, 0.25) is 0 Å². The molecule has 6 heteroatoms. The van der Waals surface area contributed by atoms with Gasteiger partial charge in [0.15, 0.2) is 16.1 Å². The molecule has 0 amide bonds. The SMILES string of the molecule is CCCCCCCCCCS(=O)(=O)C[C@H]1O[C@H](OC)C=C1C=O. The molecule has 0 aromatic rings. The van der Waals surface area contributed by atoms with Crippen LogP contribution in [0.1, 0.15) is 58.3 Å². The third-order valence-electron chi connectivity index (χ3n) is 4.08. The second kappa shape index (κ2) is 10.9. The smallest absolute Gasteiger partial charge is 0.178 e. The Hall–Kier alpha value is -0.720. The molecule has 0 spiro atoms. The maximum Gasteiger partial charge on any atom is 0.178 e. The number of sulfone groups is 1. The van der Waals surface area contributed by atoms with Gasteiger partial charge >= 0.3 is 0 Å². The summed E-state index contributed by atoms with van der Waals surface area (Å²) in [6.45, 7) is 2.19. The Morgan fingerprint density at radius 3 is 2.30 bits per heavy atom. The summed E-state index contributed by atoms with van der Waals surface area (Å²) in [5, 5.41) is 0. The van der Waals surface area contributed by atoms with E-state index in [9.17, 15) is 13.2 Å². The minimum Gasteiger partial charge on any atom is -0.352 e. The second-order valence-electron chi connectivity index (χ2n) is 6.10. The average Bonchev–Trinajstić information content (AvgIpc) is 2.91. The molecule has 1 aliphatic heterocycles. The van der Waals surface area contributed by atoms with Gasteiger partial charge in [-0.05, 0) is 12.5 Å². The van der Waals surface area contributed by atoms with E-state index in [-0.39, 0.29) is 11.5 Å². The van der Waals surface area contributed by atoms with E-state index in [1.54, 1.807) is 0 Å². The van der Waals surface area contributed by atoms with Crippen molar-refractivity contribution in [1.82, 2.24) is 0 Å². The molecule has 0 aliphatic carbocycles. The Morgan fingerprint density at radius 1 is 1.13 bits per heavy atom. The fraction of sp³-hybridized carbons (Fsp3) is 0.824. The van der Waals surface area contributed by atoms with Gasteiger partial charge in [0.25, 0.3) is 0 Å². The van der Waals surface area contributed by atoms with Crippen molar-refractivity contribution >= 4 is 16.1 Å². The Labute approximate surface area is 140 Å².